The molecule has 2 N–H and O–H groups in total. The molecule has 3 rings (SSSR count). The average Bonchev–Trinajstić information content (AvgIpc) is 3.08. The van der Waals surface area contributed by atoms with E-state index in [0.717, 1.165) is 4.88 Å². The minimum atomic E-state index is -0.247. The van der Waals surface area contributed by atoms with Crippen LogP contribution < -0.4 is 5.32 Å². The molecule has 0 aliphatic rings. The van der Waals surface area contributed by atoms with Crippen molar-refractivity contribution in [3.8, 4) is 0 Å². The van der Waals surface area contributed by atoms with Gasteiger partial charge in [-0.15, -0.1) is 11.3 Å². The molecule has 3 aromatic heterocycles. The van der Waals surface area contributed by atoms with Crippen LogP contribution in [0.4, 0.5) is 5.82 Å². The molecule has 7 heteroatoms. The summed E-state index contributed by atoms with van der Waals surface area (Å²) in [6.07, 6.45) is 6.10. The van der Waals surface area contributed by atoms with E-state index in [2.05, 4.69) is 25.3 Å². The van der Waals surface area contributed by atoms with E-state index in [9.17, 15) is 4.79 Å². The highest BCUT2D eigenvalue weighted by atomic mass is 32.1. The molecule has 0 spiro atoms. The number of fused-ring (bicyclic) bond motifs is 1. The number of nitrogens with one attached hydrogen (secondary N) is 2. The Balaban J connectivity index is 1.78. The highest BCUT2D eigenvalue weighted by Gasteiger charge is 2.07. The summed E-state index contributed by atoms with van der Waals surface area (Å²) >= 11 is 1.57. The van der Waals surface area contributed by atoms with Crippen molar-refractivity contribution in [2.24, 2.45) is 0 Å². The number of rotatable bonds is 3. The molecule has 0 unspecified atom stereocenters. The molecule has 0 bridgehead atoms. The maximum absolute atomic E-state index is 11.8. The highest BCUT2D eigenvalue weighted by molar-refractivity contribution is 7.10. The predicted octanol–water partition coefficient (Wildman–Crippen LogP) is 2.07. The highest BCUT2D eigenvalue weighted by Crippen LogP contribution is 2.15. The molecule has 0 radical (unpaired) electrons. The fraction of sp³-hybridized carbons (Fsp3) is 0. The number of aromatic amines is 1. The van der Waals surface area contributed by atoms with Gasteiger partial charge in [0.15, 0.2) is 11.5 Å². The summed E-state index contributed by atoms with van der Waals surface area (Å²) in [6, 6.07) is 3.87. The Morgan fingerprint density at radius 3 is 3.16 bits per heavy atom. The number of thiophene rings is 1. The molecule has 6 nitrogen and oxygen atoms in total. The third kappa shape index (κ3) is 2.50. The van der Waals surface area contributed by atoms with Crippen molar-refractivity contribution in [3.05, 3.63) is 41.1 Å². The molecule has 0 aromatic carbocycles. The third-order valence-corrected chi connectivity index (χ3v) is 3.24. The molecule has 1 amide bonds. The largest absolute Gasteiger partial charge is 0.340 e. The fourth-order valence-electron chi connectivity index (χ4n) is 1.56. The Hall–Kier alpha value is -2.54. The monoisotopic (exact) mass is 271 g/mol. The lowest BCUT2D eigenvalue weighted by Gasteiger charge is -2.00. The Morgan fingerprint density at radius 1 is 1.37 bits per heavy atom. The number of nitrogens with zero attached hydrogens (tertiary/aromatic N) is 3. The second-order valence-electron chi connectivity index (χ2n) is 3.66. The summed E-state index contributed by atoms with van der Waals surface area (Å²) in [5.74, 6) is 0.173. The van der Waals surface area contributed by atoms with Gasteiger partial charge in [-0.2, -0.15) is 0 Å². The Morgan fingerprint density at radius 2 is 2.32 bits per heavy atom. The second-order valence-corrected chi connectivity index (χ2v) is 4.64. The lowest BCUT2D eigenvalue weighted by Crippen LogP contribution is -2.09. The van der Waals surface area contributed by atoms with E-state index < -0.39 is 0 Å². The smallest absolute Gasteiger partial charge is 0.249 e. The normalized spacial score (nSPS) is 11.2. The number of aromatic nitrogens is 4. The topological polar surface area (TPSA) is 83.6 Å². The molecule has 0 atom stereocenters. The van der Waals surface area contributed by atoms with Crippen LogP contribution in [0.2, 0.25) is 0 Å². The van der Waals surface area contributed by atoms with Crippen molar-refractivity contribution >= 4 is 40.3 Å². The standard InChI is InChI=1S/C12H9N5OS/c18-9(4-3-8-2-1-5-19-8)17-12-10-11(14-6-13-10)15-7-16-12/h1-7H,(H2,13,14,15,16,17,18). The minimum Gasteiger partial charge on any atom is -0.340 e. The maximum atomic E-state index is 11.8. The van der Waals surface area contributed by atoms with Crippen molar-refractivity contribution in [1.82, 2.24) is 19.9 Å². The number of amides is 1. The van der Waals surface area contributed by atoms with Gasteiger partial charge in [-0.1, -0.05) is 6.07 Å². The van der Waals surface area contributed by atoms with Crippen molar-refractivity contribution in [3.63, 3.8) is 0 Å². The first-order valence-electron chi connectivity index (χ1n) is 5.49. The number of carbonyl (C=O) groups excluding carboxylic acids is 1. The molecular formula is C12H9N5OS. The number of hydrogen-bond donors (Lipinski definition) is 2. The zero-order valence-electron chi connectivity index (χ0n) is 9.70. The van der Waals surface area contributed by atoms with Gasteiger partial charge < -0.3 is 10.3 Å². The van der Waals surface area contributed by atoms with E-state index in [0.29, 0.717) is 17.0 Å². The molecule has 0 fully saturated rings. The first-order valence-corrected chi connectivity index (χ1v) is 6.37. The Kier molecular flexibility index (Phi) is 3.03. The van der Waals surface area contributed by atoms with Crippen LogP contribution in [0.25, 0.3) is 17.2 Å². The van der Waals surface area contributed by atoms with E-state index in [1.807, 2.05) is 17.5 Å². The number of hydrogen-bond acceptors (Lipinski definition) is 5. The fourth-order valence-corrected chi connectivity index (χ4v) is 2.18. The van der Waals surface area contributed by atoms with Crippen molar-refractivity contribution in [2.75, 3.05) is 5.32 Å². The van der Waals surface area contributed by atoms with Crippen LogP contribution in [0.5, 0.6) is 0 Å². The van der Waals surface area contributed by atoms with Gasteiger partial charge in [0, 0.05) is 11.0 Å². The van der Waals surface area contributed by atoms with E-state index >= 15 is 0 Å². The van der Waals surface area contributed by atoms with Crippen LogP contribution in [0, 0.1) is 0 Å². The van der Waals surface area contributed by atoms with Gasteiger partial charge in [-0.05, 0) is 17.5 Å². The summed E-state index contributed by atoms with van der Waals surface area (Å²) in [5, 5.41) is 4.64. The third-order valence-electron chi connectivity index (χ3n) is 2.41. The average molecular weight is 271 g/mol. The number of imidazole rings is 1. The molecule has 0 aliphatic carbocycles. The van der Waals surface area contributed by atoms with Gasteiger partial charge >= 0.3 is 0 Å². The molecular weight excluding hydrogens is 262 g/mol. The summed E-state index contributed by atoms with van der Waals surface area (Å²) in [7, 11) is 0. The first kappa shape index (κ1) is 11.5. The van der Waals surface area contributed by atoms with Crippen LogP contribution in [-0.2, 0) is 4.79 Å². The number of anilines is 1. The van der Waals surface area contributed by atoms with E-state index in [-0.39, 0.29) is 5.91 Å². The van der Waals surface area contributed by atoms with Gasteiger partial charge in [-0.3, -0.25) is 4.79 Å². The van der Waals surface area contributed by atoms with Crippen molar-refractivity contribution < 1.29 is 4.79 Å². The zero-order valence-corrected chi connectivity index (χ0v) is 10.5. The maximum Gasteiger partial charge on any atom is 0.249 e. The summed E-state index contributed by atoms with van der Waals surface area (Å²) < 4.78 is 0. The second kappa shape index (κ2) is 4.99. The van der Waals surface area contributed by atoms with Crippen LogP contribution in [0.3, 0.4) is 0 Å². The van der Waals surface area contributed by atoms with Crippen LogP contribution in [-0.4, -0.2) is 25.8 Å². The number of H-pyrrole nitrogens is 1. The van der Waals surface area contributed by atoms with Crippen LogP contribution >= 0.6 is 11.3 Å². The lowest BCUT2D eigenvalue weighted by molar-refractivity contribution is -0.111. The van der Waals surface area contributed by atoms with Crippen molar-refractivity contribution in [2.45, 2.75) is 0 Å². The van der Waals surface area contributed by atoms with Crippen LogP contribution in [0.15, 0.2) is 36.2 Å². The minimum absolute atomic E-state index is 0.247. The van der Waals surface area contributed by atoms with E-state index in [1.165, 1.54) is 18.7 Å². The van der Waals surface area contributed by atoms with Gasteiger partial charge in [0.05, 0.1) is 6.33 Å². The Bertz CT molecular complexity index is 732. The molecule has 0 aliphatic heterocycles. The van der Waals surface area contributed by atoms with E-state index in [4.69, 9.17) is 0 Å². The quantitative estimate of drug-likeness (QED) is 0.714. The van der Waals surface area contributed by atoms with Gasteiger partial charge in [0.25, 0.3) is 0 Å². The van der Waals surface area contributed by atoms with Gasteiger partial charge in [0.2, 0.25) is 5.91 Å². The summed E-state index contributed by atoms with van der Waals surface area (Å²) in [5.41, 5.74) is 1.13. The Labute approximate surface area is 112 Å². The summed E-state index contributed by atoms with van der Waals surface area (Å²) in [6.45, 7) is 0. The molecule has 0 saturated carbocycles. The lowest BCUT2D eigenvalue weighted by atomic mass is 10.4. The number of carbonyl (C=O) groups is 1. The molecule has 3 aromatic rings. The summed E-state index contributed by atoms with van der Waals surface area (Å²) in [4.78, 5) is 27.7. The SMILES string of the molecule is O=C(C=Cc1cccs1)Nc1ncnc2nc[nH]c12. The van der Waals surface area contributed by atoms with Gasteiger partial charge in [-0.25, -0.2) is 15.0 Å². The molecule has 3 heterocycles. The predicted molar refractivity (Wildman–Crippen MR) is 73.7 cm³/mol. The van der Waals surface area contributed by atoms with Crippen LogP contribution in [0.1, 0.15) is 4.88 Å². The molecule has 94 valence electrons. The van der Waals surface area contributed by atoms with E-state index in [1.54, 1.807) is 17.4 Å². The van der Waals surface area contributed by atoms with Gasteiger partial charge in [0.1, 0.15) is 11.8 Å². The molecule has 0 saturated heterocycles. The van der Waals surface area contributed by atoms with Crippen molar-refractivity contribution in [1.29, 1.82) is 0 Å². The first-order chi connectivity index (χ1) is 9.33. The molecule has 19 heavy (non-hydrogen) atoms. The zero-order chi connectivity index (χ0) is 13.1.